The number of nitrogens with one attached hydrogen (secondary N) is 3. The van der Waals surface area contributed by atoms with E-state index in [0.717, 1.165) is 10.6 Å². The molecule has 4 rings (SSSR count). The number of carbonyl (C=O) groups excluding carboxylic acids is 3. The van der Waals surface area contributed by atoms with Crippen LogP contribution in [-0.4, -0.2) is 22.8 Å². The second-order valence-corrected chi connectivity index (χ2v) is 7.76. The van der Waals surface area contributed by atoms with Crippen molar-refractivity contribution in [3.8, 4) is 10.6 Å². The van der Waals surface area contributed by atoms with E-state index < -0.39 is 17.5 Å². The third kappa shape index (κ3) is 3.22. The molecule has 4 amide bonds. The molecule has 1 aliphatic heterocycles. The van der Waals surface area contributed by atoms with Gasteiger partial charge in [0.1, 0.15) is 16.2 Å². The largest absolute Gasteiger partial charge is 0.322 e. The van der Waals surface area contributed by atoms with Crippen molar-refractivity contribution in [1.82, 2.24) is 15.6 Å². The van der Waals surface area contributed by atoms with E-state index in [4.69, 9.17) is 0 Å². The number of hydrogen-bond donors (Lipinski definition) is 3. The highest BCUT2D eigenvalue weighted by atomic mass is 32.1. The molecule has 3 N–H and O–H groups in total. The van der Waals surface area contributed by atoms with Gasteiger partial charge in [0.05, 0.1) is 0 Å². The number of anilines is 1. The minimum atomic E-state index is -1.18. The minimum Gasteiger partial charge on any atom is -0.321 e. The van der Waals surface area contributed by atoms with E-state index in [1.807, 2.05) is 16.8 Å². The lowest BCUT2D eigenvalue weighted by molar-refractivity contribution is -0.123. The summed E-state index contributed by atoms with van der Waals surface area (Å²) in [5, 5.41) is 14.0. The molecule has 0 aliphatic carbocycles. The number of hydrogen-bond acceptors (Lipinski definition) is 6. The molecular weight excluding hydrogens is 384 g/mol. The Kier molecular flexibility index (Phi) is 4.25. The number of rotatable bonds is 4. The summed E-state index contributed by atoms with van der Waals surface area (Å²) in [4.78, 5) is 40.4. The Morgan fingerprint density at radius 3 is 2.78 bits per heavy atom. The van der Waals surface area contributed by atoms with E-state index in [9.17, 15) is 14.4 Å². The Bertz CT molecular complexity index is 1040. The van der Waals surface area contributed by atoms with Crippen molar-refractivity contribution in [3.63, 3.8) is 0 Å². The van der Waals surface area contributed by atoms with E-state index in [1.165, 1.54) is 11.3 Å². The van der Waals surface area contributed by atoms with Gasteiger partial charge in [0, 0.05) is 22.0 Å². The first-order valence-electron chi connectivity index (χ1n) is 7.99. The molecule has 1 aliphatic rings. The van der Waals surface area contributed by atoms with Crippen molar-refractivity contribution in [2.75, 3.05) is 5.32 Å². The molecule has 9 heteroatoms. The molecule has 0 radical (unpaired) electrons. The maximum atomic E-state index is 12.5. The van der Waals surface area contributed by atoms with Crippen molar-refractivity contribution < 1.29 is 14.4 Å². The maximum absolute atomic E-state index is 12.5. The fourth-order valence-electron chi connectivity index (χ4n) is 2.75. The maximum Gasteiger partial charge on any atom is 0.322 e. The number of carbonyl (C=O) groups is 3. The summed E-state index contributed by atoms with van der Waals surface area (Å²) in [5.74, 6) is -0.772. The molecule has 1 fully saturated rings. The van der Waals surface area contributed by atoms with Gasteiger partial charge in [0.2, 0.25) is 0 Å². The predicted octanol–water partition coefficient (Wildman–Crippen LogP) is 3.18. The Labute approximate surface area is 162 Å². The SMILES string of the molecule is CC1(c2cccc(NC(=O)c3csc(-c4ccsc4)n3)c2)NC(=O)NC1=O. The second kappa shape index (κ2) is 6.60. The number of thiazole rings is 1. The molecule has 0 bridgehead atoms. The van der Waals surface area contributed by atoms with E-state index in [-0.39, 0.29) is 5.91 Å². The van der Waals surface area contributed by atoms with Crippen LogP contribution in [0.4, 0.5) is 10.5 Å². The van der Waals surface area contributed by atoms with Crippen molar-refractivity contribution in [2.45, 2.75) is 12.5 Å². The van der Waals surface area contributed by atoms with Gasteiger partial charge in [0.15, 0.2) is 0 Å². The molecule has 0 spiro atoms. The van der Waals surface area contributed by atoms with Crippen LogP contribution in [-0.2, 0) is 10.3 Å². The van der Waals surface area contributed by atoms with Crippen LogP contribution in [0.25, 0.3) is 10.6 Å². The van der Waals surface area contributed by atoms with Gasteiger partial charge >= 0.3 is 6.03 Å². The number of imide groups is 1. The predicted molar refractivity (Wildman–Crippen MR) is 104 cm³/mol. The van der Waals surface area contributed by atoms with Crippen molar-refractivity contribution >= 4 is 46.2 Å². The Balaban J connectivity index is 1.54. The van der Waals surface area contributed by atoms with Crippen molar-refractivity contribution in [1.29, 1.82) is 0 Å². The lowest BCUT2D eigenvalue weighted by atomic mass is 9.92. The van der Waals surface area contributed by atoms with Crippen LogP contribution < -0.4 is 16.0 Å². The molecular formula is C18H14N4O3S2. The normalized spacial score (nSPS) is 18.9. The van der Waals surface area contributed by atoms with Gasteiger partial charge in [-0.05, 0) is 36.1 Å². The quantitative estimate of drug-likeness (QED) is 0.588. The minimum absolute atomic E-state index is 0.324. The highest BCUT2D eigenvalue weighted by molar-refractivity contribution is 7.14. The monoisotopic (exact) mass is 398 g/mol. The first-order chi connectivity index (χ1) is 13.0. The van der Waals surface area contributed by atoms with Crippen molar-refractivity contribution in [3.05, 3.63) is 57.7 Å². The number of thiophene rings is 1. The van der Waals surface area contributed by atoms with Gasteiger partial charge in [-0.3, -0.25) is 14.9 Å². The van der Waals surface area contributed by atoms with E-state index in [0.29, 0.717) is 16.9 Å². The summed E-state index contributed by atoms with van der Waals surface area (Å²) in [7, 11) is 0. The zero-order valence-electron chi connectivity index (χ0n) is 14.1. The second-order valence-electron chi connectivity index (χ2n) is 6.12. The van der Waals surface area contributed by atoms with Crippen LogP contribution >= 0.6 is 22.7 Å². The Morgan fingerprint density at radius 2 is 2.07 bits per heavy atom. The lowest BCUT2D eigenvalue weighted by Crippen LogP contribution is -2.40. The summed E-state index contributed by atoms with van der Waals surface area (Å²) in [5.41, 5.74) is 1.22. The van der Waals surface area contributed by atoms with Crippen LogP contribution in [0.2, 0.25) is 0 Å². The molecule has 27 heavy (non-hydrogen) atoms. The fraction of sp³-hybridized carbons (Fsp3) is 0.111. The standard InChI is InChI=1S/C18H14N4O3S2/c1-18(16(24)21-17(25)22-18)11-3-2-4-12(7-11)19-14(23)13-9-27-15(20-13)10-5-6-26-8-10/h2-9H,1H3,(H,19,23)(H2,21,22,24,25). The number of amides is 4. The molecule has 136 valence electrons. The highest BCUT2D eigenvalue weighted by Crippen LogP contribution is 2.28. The molecule has 7 nitrogen and oxygen atoms in total. The third-order valence-electron chi connectivity index (χ3n) is 4.25. The van der Waals surface area contributed by atoms with Crippen molar-refractivity contribution in [2.24, 2.45) is 0 Å². The zero-order chi connectivity index (χ0) is 19.0. The number of benzene rings is 1. The molecule has 1 aromatic carbocycles. The van der Waals surface area contributed by atoms with Crippen LogP contribution in [0.3, 0.4) is 0 Å². The molecule has 2 aromatic heterocycles. The summed E-state index contributed by atoms with van der Waals surface area (Å²) in [6.45, 7) is 1.61. The fourth-order valence-corrected chi connectivity index (χ4v) is 4.26. The number of aromatic nitrogens is 1. The number of nitrogens with zero attached hydrogens (tertiary/aromatic N) is 1. The first-order valence-corrected chi connectivity index (χ1v) is 9.81. The van der Waals surface area contributed by atoms with Gasteiger partial charge < -0.3 is 10.6 Å². The van der Waals surface area contributed by atoms with Gasteiger partial charge in [-0.25, -0.2) is 9.78 Å². The zero-order valence-corrected chi connectivity index (χ0v) is 15.7. The summed E-state index contributed by atoms with van der Waals surface area (Å²) in [6.07, 6.45) is 0. The Morgan fingerprint density at radius 1 is 1.22 bits per heavy atom. The topological polar surface area (TPSA) is 100 Å². The molecule has 1 atom stereocenters. The lowest BCUT2D eigenvalue weighted by Gasteiger charge is -2.21. The van der Waals surface area contributed by atoms with Gasteiger partial charge in [-0.1, -0.05) is 12.1 Å². The molecule has 1 saturated heterocycles. The highest BCUT2D eigenvalue weighted by Gasteiger charge is 2.43. The molecule has 1 unspecified atom stereocenters. The average Bonchev–Trinajstić information content (AvgIpc) is 3.36. The van der Waals surface area contributed by atoms with Crippen LogP contribution in [0.5, 0.6) is 0 Å². The average molecular weight is 398 g/mol. The molecule has 3 aromatic rings. The third-order valence-corrected chi connectivity index (χ3v) is 5.82. The van der Waals surface area contributed by atoms with E-state index >= 15 is 0 Å². The van der Waals surface area contributed by atoms with E-state index in [2.05, 4.69) is 20.9 Å². The molecule has 0 saturated carbocycles. The smallest absolute Gasteiger partial charge is 0.321 e. The number of urea groups is 1. The van der Waals surface area contributed by atoms with Gasteiger partial charge in [-0.2, -0.15) is 11.3 Å². The summed E-state index contributed by atoms with van der Waals surface area (Å²) < 4.78 is 0. The van der Waals surface area contributed by atoms with E-state index in [1.54, 1.807) is 47.9 Å². The Hall–Kier alpha value is -3.04. The summed E-state index contributed by atoms with van der Waals surface area (Å²) in [6, 6.07) is 8.22. The van der Waals surface area contributed by atoms with Gasteiger partial charge in [-0.15, -0.1) is 11.3 Å². The first kappa shape index (κ1) is 17.4. The van der Waals surface area contributed by atoms with Crippen LogP contribution in [0.15, 0.2) is 46.5 Å². The van der Waals surface area contributed by atoms with Crippen LogP contribution in [0, 0.1) is 0 Å². The van der Waals surface area contributed by atoms with Crippen LogP contribution in [0.1, 0.15) is 23.0 Å². The summed E-state index contributed by atoms with van der Waals surface area (Å²) >= 11 is 2.98. The molecule has 3 heterocycles. The van der Waals surface area contributed by atoms with Gasteiger partial charge in [0.25, 0.3) is 11.8 Å².